The number of hydrogen-bond acceptors (Lipinski definition) is 11. The molecule has 18 heteroatoms. The third kappa shape index (κ3) is 9.82. The molecule has 16 nitrogen and oxygen atoms in total. The van der Waals surface area contributed by atoms with Crippen molar-refractivity contribution in [1.82, 2.24) is 44.0 Å². The molecule has 2 N–H and O–H groups in total. The summed E-state index contributed by atoms with van der Waals surface area (Å²) in [7, 11) is 5.87. The van der Waals surface area contributed by atoms with Gasteiger partial charge in [-0.1, -0.05) is 17.9 Å². The van der Waals surface area contributed by atoms with E-state index in [0.717, 1.165) is 95.5 Å². The highest BCUT2D eigenvalue weighted by atomic mass is 19.3. The summed E-state index contributed by atoms with van der Waals surface area (Å²) in [6.07, 6.45) is 10.8. The fourth-order valence-corrected chi connectivity index (χ4v) is 10.0. The molecular formula is C48H57F2N11O5. The van der Waals surface area contributed by atoms with Crippen LogP contribution in [0.15, 0.2) is 58.2 Å². The number of rotatable bonds is 14. The number of anilines is 2. The van der Waals surface area contributed by atoms with E-state index in [-0.39, 0.29) is 47.8 Å². The van der Waals surface area contributed by atoms with Crippen molar-refractivity contribution in [3.8, 4) is 23.3 Å². The number of amides is 3. The van der Waals surface area contributed by atoms with Crippen LogP contribution in [0.5, 0.6) is 0 Å². The summed E-state index contributed by atoms with van der Waals surface area (Å²) in [6.45, 7) is 4.91. The molecule has 0 bridgehead atoms. The predicted octanol–water partition coefficient (Wildman–Crippen LogP) is 6.17. The Morgan fingerprint density at radius 1 is 1.00 bits per heavy atom. The lowest BCUT2D eigenvalue weighted by molar-refractivity contribution is -0.135. The summed E-state index contributed by atoms with van der Waals surface area (Å²) < 4.78 is 38.7. The number of carbonyl (C=O) groups excluding carboxylic acids is 3. The van der Waals surface area contributed by atoms with Crippen molar-refractivity contribution < 1.29 is 27.6 Å². The molecule has 4 aromatic heterocycles. The van der Waals surface area contributed by atoms with E-state index in [1.54, 1.807) is 24.0 Å². The molecule has 1 atom stereocenters. The Balaban J connectivity index is 0.713. The molecule has 6 heterocycles. The molecular weight excluding hydrogens is 849 g/mol. The maximum absolute atomic E-state index is 14.2. The standard InChI is InChI=1S/C48H57F2N11O5/c1-56(27-31-19-23-59(24-20-31)22-5-4-7-32-8-6-9-38-43(32)58(3)48(65)61(38)39-16-17-41(62)54-46(39)64)26-30-10-12-35(13-11-30)60-28-36(42(55-60)44(49)50)52-45(63)37-29-66-47(53-37)33-18-21-51-40(25-33)57(2)34-14-15-34/h6,8-9,18,21,25,28-31,34-35,39,44H,5,10-17,19-20,22-24,26-27H2,1-3H3,(H,52,63)(H,54,62,64). The van der Waals surface area contributed by atoms with Crippen molar-refractivity contribution in [2.24, 2.45) is 18.9 Å². The molecule has 0 spiro atoms. The molecule has 2 aliphatic carbocycles. The second-order valence-corrected chi connectivity index (χ2v) is 18.5. The number of likely N-dealkylation sites (tertiary alicyclic amines) is 1. The molecule has 1 unspecified atom stereocenters. The maximum atomic E-state index is 14.2. The Bertz CT molecular complexity index is 2710. The number of piperidine rings is 2. The van der Waals surface area contributed by atoms with Gasteiger partial charge in [-0.2, -0.15) is 5.10 Å². The summed E-state index contributed by atoms with van der Waals surface area (Å²) >= 11 is 0. The van der Waals surface area contributed by atoms with Gasteiger partial charge in [0.2, 0.25) is 17.7 Å². The summed E-state index contributed by atoms with van der Waals surface area (Å²) in [5, 5.41) is 9.23. The molecule has 4 aliphatic rings. The monoisotopic (exact) mass is 905 g/mol. The van der Waals surface area contributed by atoms with Gasteiger partial charge in [-0.3, -0.25) is 33.5 Å². The normalized spacial score (nSPS) is 20.7. The molecule has 2 saturated carbocycles. The van der Waals surface area contributed by atoms with Gasteiger partial charge in [0, 0.05) is 70.6 Å². The van der Waals surface area contributed by atoms with Crippen LogP contribution in [0.1, 0.15) is 111 Å². The van der Waals surface area contributed by atoms with Crippen molar-refractivity contribution in [1.29, 1.82) is 0 Å². The molecule has 348 valence electrons. The van der Waals surface area contributed by atoms with Crippen molar-refractivity contribution in [2.45, 2.75) is 95.2 Å². The van der Waals surface area contributed by atoms with Crippen LogP contribution in [-0.2, 0) is 16.6 Å². The minimum Gasteiger partial charge on any atom is -0.444 e. The van der Waals surface area contributed by atoms with Crippen molar-refractivity contribution in [3.05, 3.63) is 76.4 Å². The summed E-state index contributed by atoms with van der Waals surface area (Å²) in [6, 6.07) is 8.87. The van der Waals surface area contributed by atoms with E-state index in [1.165, 1.54) is 21.6 Å². The average molecular weight is 906 g/mol. The highest BCUT2D eigenvalue weighted by Gasteiger charge is 2.33. The second kappa shape index (κ2) is 19.3. The molecule has 66 heavy (non-hydrogen) atoms. The molecule has 9 rings (SSSR count). The lowest BCUT2D eigenvalue weighted by Crippen LogP contribution is -2.44. The number of pyridine rings is 1. The Labute approximate surface area is 381 Å². The molecule has 4 fully saturated rings. The first-order valence-electron chi connectivity index (χ1n) is 23.2. The molecule has 3 amide bonds. The smallest absolute Gasteiger partial charge is 0.329 e. The quantitative estimate of drug-likeness (QED) is 0.0966. The number of imide groups is 1. The number of carbonyl (C=O) groups is 3. The van der Waals surface area contributed by atoms with Crippen LogP contribution in [0.25, 0.3) is 22.5 Å². The first kappa shape index (κ1) is 45.0. The van der Waals surface area contributed by atoms with E-state index in [0.29, 0.717) is 40.9 Å². The van der Waals surface area contributed by atoms with E-state index < -0.39 is 30.0 Å². The van der Waals surface area contributed by atoms with E-state index >= 15 is 0 Å². The maximum Gasteiger partial charge on any atom is 0.329 e. The summed E-state index contributed by atoms with van der Waals surface area (Å²) in [4.78, 5) is 66.6. The van der Waals surface area contributed by atoms with Gasteiger partial charge in [0.1, 0.15) is 18.1 Å². The van der Waals surface area contributed by atoms with Gasteiger partial charge >= 0.3 is 5.69 Å². The van der Waals surface area contributed by atoms with Crippen LogP contribution in [-0.4, -0.2) is 109 Å². The summed E-state index contributed by atoms with van der Waals surface area (Å²) in [5.41, 5.74) is 1.90. The van der Waals surface area contributed by atoms with Gasteiger partial charge in [0.15, 0.2) is 11.4 Å². The Kier molecular flexibility index (Phi) is 13.2. The number of benzene rings is 1. The van der Waals surface area contributed by atoms with Gasteiger partial charge in [0.25, 0.3) is 12.3 Å². The zero-order valence-corrected chi connectivity index (χ0v) is 37.7. The van der Waals surface area contributed by atoms with E-state index in [1.807, 2.05) is 31.3 Å². The Morgan fingerprint density at radius 2 is 1.76 bits per heavy atom. The van der Waals surface area contributed by atoms with Gasteiger partial charge in [-0.05, 0) is 114 Å². The zero-order chi connectivity index (χ0) is 46.1. The first-order chi connectivity index (χ1) is 31.9. The van der Waals surface area contributed by atoms with Crippen LogP contribution in [0, 0.1) is 23.7 Å². The van der Waals surface area contributed by atoms with Crippen LogP contribution in [0.4, 0.5) is 20.3 Å². The lowest BCUT2D eigenvalue weighted by atomic mass is 9.85. The third-order valence-electron chi connectivity index (χ3n) is 13.8. The minimum atomic E-state index is -2.86. The SMILES string of the molecule is CN(CC1CCC(n2cc(NC(=O)c3coc(-c4ccnc(N(C)C5CC5)c4)n3)c(C(F)F)n2)CC1)CC1CCN(CCC#Cc2cccc3c2n(C)c(=O)n3C2CCC(=O)NC2=O)CC1. The number of hydrogen-bond donors (Lipinski definition) is 2. The third-order valence-corrected chi connectivity index (χ3v) is 13.8. The number of halogens is 2. The number of aryl methyl sites for hydroxylation is 1. The number of alkyl halides is 2. The van der Waals surface area contributed by atoms with Crippen LogP contribution >= 0.6 is 0 Å². The van der Waals surface area contributed by atoms with Gasteiger partial charge in [-0.25, -0.2) is 23.5 Å². The number of nitrogens with one attached hydrogen (secondary N) is 2. The molecule has 0 radical (unpaired) electrons. The van der Waals surface area contributed by atoms with Gasteiger partial charge < -0.3 is 24.4 Å². The van der Waals surface area contributed by atoms with Gasteiger partial charge in [0.05, 0.1) is 28.3 Å². The molecule has 2 aliphatic heterocycles. The van der Waals surface area contributed by atoms with Crippen LogP contribution in [0.2, 0.25) is 0 Å². The number of imidazole rings is 1. The van der Waals surface area contributed by atoms with Crippen molar-refractivity contribution in [2.75, 3.05) is 57.0 Å². The van der Waals surface area contributed by atoms with Crippen molar-refractivity contribution >= 4 is 40.3 Å². The van der Waals surface area contributed by atoms with E-state index in [4.69, 9.17) is 4.42 Å². The van der Waals surface area contributed by atoms with E-state index in [9.17, 15) is 28.0 Å². The zero-order valence-electron chi connectivity index (χ0n) is 37.7. The molecule has 2 saturated heterocycles. The average Bonchev–Trinajstić information content (AvgIpc) is 3.78. The number of oxazole rings is 1. The number of aromatic nitrogens is 6. The Hall–Kier alpha value is -6.19. The number of nitrogens with zero attached hydrogens (tertiary/aromatic N) is 9. The molecule has 5 aromatic rings. The molecule has 1 aromatic carbocycles. The van der Waals surface area contributed by atoms with E-state index in [2.05, 4.69) is 59.3 Å². The highest BCUT2D eigenvalue weighted by Crippen LogP contribution is 2.36. The lowest BCUT2D eigenvalue weighted by Gasteiger charge is -2.35. The number of para-hydroxylation sites is 1. The number of fused-ring (bicyclic) bond motifs is 1. The topological polar surface area (TPSA) is 169 Å². The largest absolute Gasteiger partial charge is 0.444 e. The minimum absolute atomic E-state index is 0.0199. The predicted molar refractivity (Wildman–Crippen MR) is 244 cm³/mol. The Morgan fingerprint density at radius 3 is 2.48 bits per heavy atom. The summed E-state index contributed by atoms with van der Waals surface area (Å²) in [5.74, 6) is 7.31. The van der Waals surface area contributed by atoms with Crippen LogP contribution < -0.4 is 21.2 Å². The fraction of sp³-hybridized carbons (Fsp3) is 0.521. The first-order valence-corrected chi connectivity index (χ1v) is 23.2. The van der Waals surface area contributed by atoms with Gasteiger partial charge in [-0.15, -0.1) is 0 Å². The second-order valence-electron chi connectivity index (χ2n) is 18.5. The highest BCUT2D eigenvalue weighted by molar-refractivity contribution is 6.03. The van der Waals surface area contributed by atoms with Crippen molar-refractivity contribution in [3.63, 3.8) is 0 Å². The fourth-order valence-electron chi connectivity index (χ4n) is 10.0. The van der Waals surface area contributed by atoms with Crippen LogP contribution in [0.3, 0.4) is 0 Å².